The lowest BCUT2D eigenvalue weighted by Gasteiger charge is -2.24. The highest BCUT2D eigenvalue weighted by Crippen LogP contribution is 2.32. The molecule has 0 unspecified atom stereocenters. The van der Waals surface area contributed by atoms with Gasteiger partial charge in [0.25, 0.3) is 0 Å². The van der Waals surface area contributed by atoms with Crippen molar-refractivity contribution in [3.8, 4) is 5.75 Å². The minimum absolute atomic E-state index is 0.160. The molecule has 1 aliphatic rings. The summed E-state index contributed by atoms with van der Waals surface area (Å²) >= 11 is 0. The smallest absolute Gasteiger partial charge is 0.387 e. The first-order valence-corrected chi connectivity index (χ1v) is 5.09. The molecule has 0 aliphatic heterocycles. The van der Waals surface area contributed by atoms with Gasteiger partial charge in [-0.2, -0.15) is 8.78 Å². The van der Waals surface area contributed by atoms with Gasteiger partial charge in [0.1, 0.15) is 5.75 Å². The van der Waals surface area contributed by atoms with Crippen molar-refractivity contribution in [3.05, 3.63) is 42.0 Å². The highest BCUT2D eigenvalue weighted by atomic mass is 19.3. The Labute approximate surface area is 92.7 Å². The molecular formula is C12H13F2NO. The summed E-state index contributed by atoms with van der Waals surface area (Å²) in [5, 5.41) is 0. The summed E-state index contributed by atoms with van der Waals surface area (Å²) in [6, 6.07) is 6.53. The molecule has 0 aromatic heterocycles. The topological polar surface area (TPSA) is 35.2 Å². The third kappa shape index (κ3) is 2.22. The molecule has 0 amide bonds. The molecule has 2 rings (SSSR count). The monoisotopic (exact) mass is 225 g/mol. The van der Waals surface area contributed by atoms with E-state index in [2.05, 4.69) is 4.74 Å². The van der Waals surface area contributed by atoms with Crippen LogP contribution in [0.25, 0.3) is 0 Å². The van der Waals surface area contributed by atoms with Crippen LogP contribution in [0.15, 0.2) is 36.4 Å². The SMILES string of the molecule is NC1(c2ccc(OC(F)F)cc2)CC=CC1. The highest BCUT2D eigenvalue weighted by molar-refractivity contribution is 5.34. The molecule has 86 valence electrons. The molecule has 0 spiro atoms. The number of hydrogen-bond acceptors (Lipinski definition) is 2. The van der Waals surface area contributed by atoms with Crippen molar-refractivity contribution >= 4 is 0 Å². The molecule has 0 atom stereocenters. The van der Waals surface area contributed by atoms with Gasteiger partial charge in [-0.3, -0.25) is 0 Å². The molecular weight excluding hydrogens is 212 g/mol. The first-order valence-electron chi connectivity index (χ1n) is 5.09. The molecule has 4 heteroatoms. The van der Waals surface area contributed by atoms with Gasteiger partial charge in [0.05, 0.1) is 0 Å². The zero-order valence-electron chi connectivity index (χ0n) is 8.70. The quantitative estimate of drug-likeness (QED) is 0.803. The minimum Gasteiger partial charge on any atom is -0.435 e. The summed E-state index contributed by atoms with van der Waals surface area (Å²) in [5.74, 6) is 0.160. The second-order valence-corrected chi connectivity index (χ2v) is 3.94. The Morgan fingerprint density at radius 3 is 2.19 bits per heavy atom. The van der Waals surface area contributed by atoms with Crippen LogP contribution in [-0.4, -0.2) is 6.61 Å². The number of hydrogen-bond donors (Lipinski definition) is 1. The zero-order valence-corrected chi connectivity index (χ0v) is 8.70. The van der Waals surface area contributed by atoms with Crippen LogP contribution >= 0.6 is 0 Å². The molecule has 2 N–H and O–H groups in total. The third-order valence-electron chi connectivity index (χ3n) is 2.79. The highest BCUT2D eigenvalue weighted by Gasteiger charge is 2.27. The van der Waals surface area contributed by atoms with Crippen molar-refractivity contribution in [2.45, 2.75) is 25.0 Å². The van der Waals surface area contributed by atoms with Crippen molar-refractivity contribution in [3.63, 3.8) is 0 Å². The van der Waals surface area contributed by atoms with Crippen LogP contribution in [0.2, 0.25) is 0 Å². The Balaban J connectivity index is 2.13. The van der Waals surface area contributed by atoms with E-state index in [9.17, 15) is 8.78 Å². The Morgan fingerprint density at radius 2 is 1.69 bits per heavy atom. The fourth-order valence-electron chi connectivity index (χ4n) is 1.87. The van der Waals surface area contributed by atoms with Crippen LogP contribution in [0.4, 0.5) is 8.78 Å². The van der Waals surface area contributed by atoms with Crippen LogP contribution in [0.3, 0.4) is 0 Å². The van der Waals surface area contributed by atoms with Crippen LogP contribution in [-0.2, 0) is 5.54 Å². The summed E-state index contributed by atoms with van der Waals surface area (Å²) in [6.45, 7) is -2.79. The predicted octanol–water partition coefficient (Wildman–Crippen LogP) is 2.79. The van der Waals surface area contributed by atoms with Gasteiger partial charge in [0, 0.05) is 5.54 Å². The standard InChI is InChI=1S/C12H13F2NO/c13-11(14)16-10-5-3-9(4-6-10)12(15)7-1-2-8-12/h1-6,11H,7-8,15H2. The van der Waals surface area contributed by atoms with Gasteiger partial charge >= 0.3 is 6.61 Å². The van der Waals surface area contributed by atoms with Crippen molar-refractivity contribution in [2.24, 2.45) is 5.73 Å². The van der Waals surface area contributed by atoms with E-state index in [0.717, 1.165) is 18.4 Å². The summed E-state index contributed by atoms with van der Waals surface area (Å²) in [6.07, 6.45) is 5.62. The van der Waals surface area contributed by atoms with E-state index in [4.69, 9.17) is 5.73 Å². The van der Waals surface area contributed by atoms with E-state index in [1.807, 2.05) is 12.2 Å². The van der Waals surface area contributed by atoms with Gasteiger partial charge in [-0.25, -0.2) is 0 Å². The van der Waals surface area contributed by atoms with E-state index < -0.39 is 6.61 Å². The molecule has 1 aromatic rings. The van der Waals surface area contributed by atoms with E-state index >= 15 is 0 Å². The van der Waals surface area contributed by atoms with Gasteiger partial charge in [0.2, 0.25) is 0 Å². The molecule has 0 saturated heterocycles. The number of nitrogens with two attached hydrogens (primary N) is 1. The molecule has 0 saturated carbocycles. The lowest BCUT2D eigenvalue weighted by Crippen LogP contribution is -2.33. The van der Waals surface area contributed by atoms with Crippen LogP contribution in [0.1, 0.15) is 18.4 Å². The number of benzene rings is 1. The summed E-state index contributed by atoms with van der Waals surface area (Å²) in [5.41, 5.74) is 6.74. The van der Waals surface area contributed by atoms with Gasteiger partial charge < -0.3 is 10.5 Å². The van der Waals surface area contributed by atoms with E-state index in [-0.39, 0.29) is 11.3 Å². The molecule has 2 nitrogen and oxygen atoms in total. The van der Waals surface area contributed by atoms with Gasteiger partial charge in [-0.15, -0.1) is 0 Å². The lowest BCUT2D eigenvalue weighted by molar-refractivity contribution is -0.0498. The second-order valence-electron chi connectivity index (χ2n) is 3.94. The van der Waals surface area contributed by atoms with Crippen molar-refractivity contribution in [1.29, 1.82) is 0 Å². The second kappa shape index (κ2) is 4.22. The van der Waals surface area contributed by atoms with Crippen LogP contribution in [0, 0.1) is 0 Å². The Bertz CT molecular complexity index is 379. The summed E-state index contributed by atoms with van der Waals surface area (Å²) < 4.78 is 28.2. The normalized spacial score (nSPS) is 18.0. The minimum atomic E-state index is -2.79. The molecule has 16 heavy (non-hydrogen) atoms. The number of halogens is 2. The third-order valence-corrected chi connectivity index (χ3v) is 2.79. The Kier molecular flexibility index (Phi) is 2.92. The maximum absolute atomic E-state index is 11.9. The van der Waals surface area contributed by atoms with Crippen molar-refractivity contribution in [2.75, 3.05) is 0 Å². The fraction of sp³-hybridized carbons (Fsp3) is 0.333. The van der Waals surface area contributed by atoms with Gasteiger partial charge in [-0.05, 0) is 30.5 Å². The first kappa shape index (κ1) is 11.1. The average Bonchev–Trinajstić information content (AvgIpc) is 2.66. The van der Waals surface area contributed by atoms with Crippen molar-refractivity contribution in [1.82, 2.24) is 0 Å². The predicted molar refractivity (Wildman–Crippen MR) is 57.3 cm³/mol. The van der Waals surface area contributed by atoms with Crippen molar-refractivity contribution < 1.29 is 13.5 Å². The number of alkyl halides is 2. The summed E-state index contributed by atoms with van der Waals surface area (Å²) in [4.78, 5) is 0. The molecule has 1 aromatic carbocycles. The maximum atomic E-state index is 11.9. The molecule has 0 fully saturated rings. The lowest BCUT2D eigenvalue weighted by atomic mass is 9.89. The molecule has 0 bridgehead atoms. The number of ether oxygens (including phenoxy) is 1. The molecule has 0 heterocycles. The zero-order chi connectivity index (χ0) is 11.6. The molecule has 1 aliphatic carbocycles. The fourth-order valence-corrected chi connectivity index (χ4v) is 1.87. The van der Waals surface area contributed by atoms with E-state index in [1.54, 1.807) is 12.1 Å². The summed E-state index contributed by atoms with van der Waals surface area (Å²) in [7, 11) is 0. The molecule has 0 radical (unpaired) electrons. The Morgan fingerprint density at radius 1 is 1.12 bits per heavy atom. The van der Waals surface area contributed by atoms with E-state index in [1.165, 1.54) is 12.1 Å². The maximum Gasteiger partial charge on any atom is 0.387 e. The van der Waals surface area contributed by atoms with Gasteiger partial charge in [0.15, 0.2) is 0 Å². The largest absolute Gasteiger partial charge is 0.435 e. The van der Waals surface area contributed by atoms with E-state index in [0.29, 0.717) is 0 Å². The Hall–Kier alpha value is -1.42. The average molecular weight is 225 g/mol. The number of rotatable bonds is 3. The van der Waals surface area contributed by atoms with Crippen LogP contribution < -0.4 is 10.5 Å². The first-order chi connectivity index (χ1) is 7.60. The van der Waals surface area contributed by atoms with Gasteiger partial charge in [-0.1, -0.05) is 24.3 Å². The van der Waals surface area contributed by atoms with Crippen LogP contribution in [0.5, 0.6) is 5.75 Å².